The molecule has 0 bridgehead atoms. The number of ether oxygens (including phenoxy) is 1. The number of benzene rings is 2. The average molecular weight is 763 g/mol. The molecule has 53 heavy (non-hydrogen) atoms. The van der Waals surface area contributed by atoms with Gasteiger partial charge in [-0.1, -0.05) is 0 Å². The molecule has 2 aromatic carbocycles. The summed E-state index contributed by atoms with van der Waals surface area (Å²) < 4.78 is 84.4. The molecule has 3 aliphatic rings. The molecule has 1 aromatic heterocycles. The first kappa shape index (κ1) is 38.5. The summed E-state index contributed by atoms with van der Waals surface area (Å²) in [5.74, 6) is -6.52. The zero-order valence-corrected chi connectivity index (χ0v) is 31.5. The van der Waals surface area contributed by atoms with E-state index in [-0.39, 0.29) is 44.1 Å². The monoisotopic (exact) mass is 762 g/mol. The number of carbonyl (C=O) groups excluding carboxylic acids is 2. The maximum Gasteiger partial charge on any atom is 0.341 e. The van der Waals surface area contributed by atoms with E-state index >= 15 is 4.39 Å². The number of carbonyl (C=O) groups is 2. The van der Waals surface area contributed by atoms with Gasteiger partial charge in [-0.05, 0) is 63.1 Å². The largest absolute Gasteiger partial charge is 0.422 e. The molecule has 0 unspecified atom stereocenters. The number of aryl methyl sites for hydroxylation is 2. The van der Waals surface area contributed by atoms with Gasteiger partial charge >= 0.3 is 15.8 Å². The van der Waals surface area contributed by atoms with Crippen molar-refractivity contribution in [1.29, 1.82) is 0 Å². The molecule has 13 nitrogen and oxygen atoms in total. The number of piperazine rings is 1. The van der Waals surface area contributed by atoms with Gasteiger partial charge in [0, 0.05) is 77.0 Å². The van der Waals surface area contributed by atoms with E-state index in [0.717, 1.165) is 68.7 Å². The summed E-state index contributed by atoms with van der Waals surface area (Å²) >= 11 is 0. The molecule has 6 rings (SSSR count). The summed E-state index contributed by atoms with van der Waals surface area (Å²) in [5.41, 5.74) is 1.93. The highest BCUT2D eigenvalue weighted by atomic mass is 32.2. The van der Waals surface area contributed by atoms with Gasteiger partial charge in [-0.15, -0.1) is 0 Å². The quantitative estimate of drug-likeness (QED) is 0.341. The molecule has 1 atom stereocenters. The summed E-state index contributed by atoms with van der Waals surface area (Å²) in [7, 11) is 1.78. The van der Waals surface area contributed by atoms with Crippen LogP contribution >= 0.6 is 0 Å². The highest BCUT2D eigenvalue weighted by Gasteiger charge is 2.39. The van der Waals surface area contributed by atoms with Gasteiger partial charge in [0.25, 0.3) is 17.7 Å². The van der Waals surface area contributed by atoms with E-state index in [1.54, 1.807) is 7.11 Å². The van der Waals surface area contributed by atoms with Crippen LogP contribution in [0.15, 0.2) is 27.4 Å². The Morgan fingerprint density at radius 2 is 1.79 bits per heavy atom. The predicted molar refractivity (Wildman–Crippen MR) is 194 cm³/mol. The van der Waals surface area contributed by atoms with Gasteiger partial charge in [0.2, 0.25) is 0 Å². The number of anilines is 2. The van der Waals surface area contributed by atoms with E-state index in [1.165, 1.54) is 19.0 Å². The molecule has 3 aromatic rings. The SMILES string of the molecule is COC[C@H]1CN(c2cc(C)c3c4c(c(=O)oc3c2C)CN(C(=O)c2ccc(C(=O)NS(=O)(=O)N(C)C)c(N3CCCC(F)(F)C3)c2F)CC4)CCN1C. The molecule has 2 fully saturated rings. The smallest absolute Gasteiger partial charge is 0.341 e. The number of piperidine rings is 1. The van der Waals surface area contributed by atoms with Crippen molar-refractivity contribution in [2.75, 3.05) is 83.9 Å². The van der Waals surface area contributed by atoms with Crippen molar-refractivity contribution in [1.82, 2.24) is 18.8 Å². The number of nitrogens with zero attached hydrogens (tertiary/aromatic N) is 5. The third kappa shape index (κ3) is 7.35. The van der Waals surface area contributed by atoms with Gasteiger partial charge in [-0.3, -0.25) is 14.5 Å². The Bertz CT molecular complexity index is 2130. The van der Waals surface area contributed by atoms with Crippen LogP contribution in [0.4, 0.5) is 24.5 Å². The van der Waals surface area contributed by atoms with Crippen LogP contribution in [0.3, 0.4) is 0 Å². The molecule has 3 aliphatic heterocycles. The van der Waals surface area contributed by atoms with Crippen molar-refractivity contribution < 1.29 is 40.3 Å². The Hall–Kier alpha value is -4.19. The first-order valence-corrected chi connectivity index (χ1v) is 18.9. The Morgan fingerprint density at radius 3 is 2.47 bits per heavy atom. The molecule has 1 N–H and O–H groups in total. The number of rotatable bonds is 8. The van der Waals surface area contributed by atoms with Crippen molar-refractivity contribution >= 4 is 44.4 Å². The second-order valence-electron chi connectivity index (χ2n) is 14.3. The molecule has 0 saturated carbocycles. The lowest BCUT2D eigenvalue weighted by molar-refractivity contribution is -0.0118. The highest BCUT2D eigenvalue weighted by Crippen LogP contribution is 2.38. The third-order valence-corrected chi connectivity index (χ3v) is 12.0. The van der Waals surface area contributed by atoms with E-state index < -0.39 is 69.2 Å². The van der Waals surface area contributed by atoms with Gasteiger partial charge in [-0.2, -0.15) is 12.7 Å². The zero-order chi connectivity index (χ0) is 38.6. The van der Waals surface area contributed by atoms with E-state index in [2.05, 4.69) is 22.9 Å². The third-order valence-electron chi connectivity index (χ3n) is 10.6. The molecule has 2 amide bonds. The van der Waals surface area contributed by atoms with Gasteiger partial charge in [0.1, 0.15) is 5.58 Å². The van der Waals surface area contributed by atoms with Crippen LogP contribution in [-0.2, 0) is 27.9 Å². The Balaban J connectivity index is 1.34. The van der Waals surface area contributed by atoms with Crippen LogP contribution in [0.5, 0.6) is 0 Å². The zero-order valence-electron chi connectivity index (χ0n) is 30.7. The number of nitrogens with one attached hydrogen (secondary N) is 1. The molecule has 4 heterocycles. The van der Waals surface area contributed by atoms with E-state index in [9.17, 15) is 31.6 Å². The topological polar surface area (TPSA) is 136 Å². The van der Waals surface area contributed by atoms with Crippen LogP contribution in [-0.4, -0.2) is 120 Å². The lowest BCUT2D eigenvalue weighted by Crippen LogP contribution is -2.53. The van der Waals surface area contributed by atoms with Crippen molar-refractivity contribution in [3.8, 4) is 0 Å². The number of hydrogen-bond donors (Lipinski definition) is 1. The molecule has 288 valence electrons. The van der Waals surface area contributed by atoms with E-state index in [0.29, 0.717) is 12.2 Å². The van der Waals surface area contributed by atoms with Gasteiger partial charge in [0.15, 0.2) is 5.82 Å². The van der Waals surface area contributed by atoms with Crippen molar-refractivity contribution in [2.24, 2.45) is 0 Å². The second-order valence-corrected chi connectivity index (χ2v) is 16.2. The highest BCUT2D eigenvalue weighted by molar-refractivity contribution is 7.87. The summed E-state index contributed by atoms with van der Waals surface area (Å²) in [6.07, 6.45) is -0.211. The summed E-state index contributed by atoms with van der Waals surface area (Å²) in [6, 6.07) is 4.37. The lowest BCUT2D eigenvalue weighted by atomic mass is 9.92. The fourth-order valence-corrected chi connectivity index (χ4v) is 8.13. The van der Waals surface area contributed by atoms with Gasteiger partial charge in [-0.25, -0.2) is 22.7 Å². The van der Waals surface area contributed by atoms with Crippen LogP contribution in [0.25, 0.3) is 11.0 Å². The predicted octanol–water partition coefficient (Wildman–Crippen LogP) is 3.29. The first-order valence-electron chi connectivity index (χ1n) is 17.5. The molecular weight excluding hydrogens is 717 g/mol. The average Bonchev–Trinajstić information content (AvgIpc) is 3.09. The minimum absolute atomic E-state index is 0.0294. The molecule has 0 spiro atoms. The number of likely N-dealkylation sites (N-methyl/N-ethyl adjacent to an activating group) is 1. The fourth-order valence-electron chi connectivity index (χ4n) is 7.60. The fraction of sp³-hybridized carbons (Fsp3) is 0.528. The molecule has 17 heteroatoms. The minimum Gasteiger partial charge on any atom is -0.422 e. The number of alkyl halides is 2. The molecule has 0 aliphatic carbocycles. The maximum absolute atomic E-state index is 16.5. The Kier molecular flexibility index (Phi) is 10.6. The van der Waals surface area contributed by atoms with Crippen LogP contribution in [0.1, 0.15) is 55.8 Å². The molecule has 0 radical (unpaired) electrons. The van der Waals surface area contributed by atoms with Crippen LogP contribution in [0.2, 0.25) is 0 Å². The number of methoxy groups -OCH3 is 1. The Morgan fingerprint density at radius 1 is 1.08 bits per heavy atom. The summed E-state index contributed by atoms with van der Waals surface area (Å²) in [5, 5.41) is 0.790. The van der Waals surface area contributed by atoms with Crippen molar-refractivity contribution in [3.63, 3.8) is 0 Å². The van der Waals surface area contributed by atoms with E-state index in [1.807, 2.05) is 18.6 Å². The minimum atomic E-state index is -4.32. The number of halogens is 3. The lowest BCUT2D eigenvalue weighted by Gasteiger charge is -2.41. The maximum atomic E-state index is 16.5. The number of hydrogen-bond acceptors (Lipinski definition) is 10. The van der Waals surface area contributed by atoms with E-state index in [4.69, 9.17) is 9.15 Å². The molecular formula is C36H45F3N6O7S. The van der Waals surface area contributed by atoms with Crippen LogP contribution < -0.4 is 20.1 Å². The number of amides is 2. The van der Waals surface area contributed by atoms with Gasteiger partial charge in [0.05, 0.1) is 48.1 Å². The Labute approximate surface area is 306 Å². The van der Waals surface area contributed by atoms with Crippen molar-refractivity contribution in [3.05, 3.63) is 67.8 Å². The first-order chi connectivity index (χ1) is 24.9. The second kappa shape index (κ2) is 14.6. The summed E-state index contributed by atoms with van der Waals surface area (Å²) in [6.45, 7) is 5.75. The standard InChI is InChI=1S/C36H45F3N6O7S/c1-21-16-28(43-15-14-42(5)23(17-43)19-51-6)22(2)32-29(21)24-10-13-44(18-27(24)35(48)52-32)34(47)25-8-9-26(33(46)40-53(49,50)41(3)4)31(30(25)37)45-12-7-11-36(38,39)20-45/h8-9,16,23H,7,10-15,17-20H2,1-6H3,(H,40,46)/t23-/m1/s1. The summed E-state index contributed by atoms with van der Waals surface area (Å²) in [4.78, 5) is 47.5. The van der Waals surface area contributed by atoms with Crippen molar-refractivity contribution in [2.45, 2.75) is 51.6 Å². The van der Waals surface area contributed by atoms with Crippen LogP contribution in [0, 0.1) is 19.7 Å². The normalized spacial score (nSPS) is 19.5. The number of fused-ring (bicyclic) bond motifs is 3. The van der Waals surface area contributed by atoms with Gasteiger partial charge < -0.3 is 23.9 Å². The molecule has 2 saturated heterocycles.